The van der Waals surface area contributed by atoms with E-state index in [-0.39, 0.29) is 42.0 Å². The fraction of sp³-hybridized carbons (Fsp3) is 0.353. The smallest absolute Gasteiger partial charge is 0.661 e. The van der Waals surface area contributed by atoms with Crippen molar-refractivity contribution < 1.29 is 36.9 Å². The van der Waals surface area contributed by atoms with E-state index in [1.165, 1.54) is 0 Å². The molecule has 2 aliphatic heterocycles. The van der Waals surface area contributed by atoms with Crippen molar-refractivity contribution in [2.75, 3.05) is 0 Å². The van der Waals surface area contributed by atoms with Crippen LogP contribution in [0.3, 0.4) is 0 Å². The predicted molar refractivity (Wildman–Crippen MR) is 164 cm³/mol. The zero-order valence-electron chi connectivity index (χ0n) is 25.0. The average Bonchev–Trinajstić information content (AvgIpc) is 3.59. The van der Waals surface area contributed by atoms with Crippen LogP contribution in [0.1, 0.15) is 82.3 Å². The van der Waals surface area contributed by atoms with E-state index in [1.54, 1.807) is 6.08 Å². The van der Waals surface area contributed by atoms with Gasteiger partial charge in [-0.2, -0.15) is 11.4 Å². The minimum Gasteiger partial charge on any atom is -0.661 e. The molecule has 0 saturated heterocycles. The number of fused-ring (bicyclic) bond motifs is 8. The molecular weight excluding hydrogens is 584 g/mol. The van der Waals surface area contributed by atoms with E-state index in [1.807, 2.05) is 45.9 Å². The summed E-state index contributed by atoms with van der Waals surface area (Å²) in [6.07, 6.45) is 9.40. The Kier molecular flexibility index (Phi) is 9.60. The standard InChI is InChI=1S/C34H36N4O4.Fe/c1-7-21-17(3)25-13-26-19(5)23(9-11-33(39)40)31(37-26)16-32-24(10-12-34(41)42)20(6)28(38-32)15-30-22(8-2)18(4)27(36-30)14-29(21)35-25;/h7-8,14-15,26,31H,1-2,9-13,16H2,3-6H3,(H,39,40)(H,41,42);/q-4;+4/b27-14-,30-15-;/t26-,31+;/m0./s1. The van der Waals surface area contributed by atoms with Crippen molar-refractivity contribution in [3.63, 3.8) is 0 Å². The molecule has 3 aromatic rings. The Morgan fingerprint density at radius 3 is 2.05 bits per heavy atom. The Morgan fingerprint density at radius 2 is 1.40 bits per heavy atom. The number of aromatic nitrogens is 3. The number of nitrogens with zero attached hydrogens (tertiary/aromatic N) is 4. The molecule has 0 saturated carbocycles. The molecule has 2 atom stereocenters. The molecule has 9 heteroatoms. The van der Waals surface area contributed by atoms with Crippen LogP contribution in [0.5, 0.6) is 0 Å². The van der Waals surface area contributed by atoms with Gasteiger partial charge in [-0.3, -0.25) is 9.59 Å². The maximum absolute atomic E-state index is 11.5. The van der Waals surface area contributed by atoms with Crippen molar-refractivity contribution in [1.29, 1.82) is 0 Å². The van der Waals surface area contributed by atoms with E-state index < -0.39 is 11.9 Å². The summed E-state index contributed by atoms with van der Waals surface area (Å²) < 4.78 is 0. The van der Waals surface area contributed by atoms with Crippen molar-refractivity contribution in [3.8, 4) is 0 Å². The number of hydrogen-bond acceptors (Lipinski definition) is 2. The summed E-state index contributed by atoms with van der Waals surface area (Å²) in [5.74, 6) is -1.72. The first-order valence-corrected chi connectivity index (χ1v) is 14.3. The molecule has 8 bridgehead atoms. The first-order chi connectivity index (χ1) is 20.0. The maximum Gasteiger partial charge on any atom is 4.00 e. The number of carboxylic acids is 2. The number of carbonyl (C=O) groups is 2. The Balaban J connectivity index is 0.00000423. The van der Waals surface area contributed by atoms with Crippen LogP contribution < -0.4 is 25.7 Å². The Bertz CT molecular complexity index is 1770. The quantitative estimate of drug-likeness (QED) is 0.289. The van der Waals surface area contributed by atoms with Gasteiger partial charge < -0.3 is 30.5 Å². The van der Waals surface area contributed by atoms with Gasteiger partial charge in [0.05, 0.1) is 0 Å². The molecule has 0 fully saturated rings. The van der Waals surface area contributed by atoms with Gasteiger partial charge in [0.25, 0.3) is 0 Å². The van der Waals surface area contributed by atoms with E-state index in [2.05, 4.69) is 13.2 Å². The van der Waals surface area contributed by atoms with Crippen LogP contribution >= 0.6 is 0 Å². The summed E-state index contributed by atoms with van der Waals surface area (Å²) in [6, 6.07) is -0.393. The first-order valence-electron chi connectivity index (χ1n) is 14.3. The largest absolute Gasteiger partial charge is 4.00 e. The molecule has 8 nitrogen and oxygen atoms in total. The SMILES string of the molecule is C=Cc1c2[n-]c(c1C)C[C@@H]1[N-][C@H](Cc3[n-]c(c(C)c3CCC(=O)O)/C=c3\[n-]/c(c(C)c3C=C)=C\2)C(CCC(=O)O)=C1C.[Fe+4]. The summed E-state index contributed by atoms with van der Waals surface area (Å²) in [5.41, 5.74) is 11.1. The van der Waals surface area contributed by atoms with Crippen LogP contribution in [0.25, 0.3) is 29.6 Å². The first kappa shape index (κ1) is 32.1. The van der Waals surface area contributed by atoms with Gasteiger partial charge in [-0.25, -0.2) is 0 Å². The zero-order chi connectivity index (χ0) is 30.3. The Morgan fingerprint density at radius 1 is 0.791 bits per heavy atom. The molecule has 2 aliphatic rings. The van der Waals surface area contributed by atoms with Crippen LogP contribution in [0.15, 0.2) is 24.3 Å². The van der Waals surface area contributed by atoms with Crippen LogP contribution in [-0.2, 0) is 45.9 Å². The summed E-state index contributed by atoms with van der Waals surface area (Å²) in [4.78, 5) is 38.1. The van der Waals surface area contributed by atoms with Gasteiger partial charge in [0.2, 0.25) is 0 Å². The van der Waals surface area contributed by atoms with Crippen molar-refractivity contribution in [1.82, 2.24) is 15.0 Å². The maximum atomic E-state index is 11.5. The molecule has 3 aromatic heterocycles. The van der Waals surface area contributed by atoms with Crippen LogP contribution in [-0.4, -0.2) is 34.2 Å². The third kappa shape index (κ3) is 6.16. The summed E-state index contributed by atoms with van der Waals surface area (Å²) in [7, 11) is 0. The van der Waals surface area contributed by atoms with E-state index in [0.29, 0.717) is 25.7 Å². The molecule has 0 radical (unpaired) electrons. The van der Waals surface area contributed by atoms with Crippen molar-refractivity contribution in [2.24, 2.45) is 0 Å². The zero-order valence-corrected chi connectivity index (χ0v) is 26.1. The average molecular weight is 621 g/mol. The summed E-state index contributed by atoms with van der Waals surface area (Å²) in [5, 5.41) is 25.7. The molecule has 5 rings (SSSR count). The second kappa shape index (κ2) is 12.8. The summed E-state index contributed by atoms with van der Waals surface area (Å²) >= 11 is 0. The minimum absolute atomic E-state index is 0. The number of carboxylic acid groups (broad SMARTS) is 2. The van der Waals surface area contributed by atoms with Crippen LogP contribution in [0.4, 0.5) is 0 Å². The fourth-order valence-corrected chi connectivity index (χ4v) is 6.36. The molecule has 2 N–H and O–H groups in total. The third-order valence-electron chi connectivity index (χ3n) is 8.81. The summed E-state index contributed by atoms with van der Waals surface area (Å²) in [6.45, 7) is 16.2. The third-order valence-corrected chi connectivity index (χ3v) is 8.81. The van der Waals surface area contributed by atoms with Gasteiger partial charge in [0.15, 0.2) is 0 Å². The van der Waals surface area contributed by atoms with Crippen molar-refractivity contribution in [3.05, 3.63) is 96.5 Å². The van der Waals surface area contributed by atoms with Crippen LogP contribution in [0, 0.1) is 20.8 Å². The minimum atomic E-state index is -0.868. The normalized spacial score (nSPS) is 19.2. The number of rotatable bonds is 8. The molecule has 0 aromatic carbocycles. The van der Waals surface area contributed by atoms with E-state index >= 15 is 0 Å². The van der Waals surface area contributed by atoms with Gasteiger partial charge in [-0.05, 0) is 51.7 Å². The van der Waals surface area contributed by atoms with Gasteiger partial charge in [-0.1, -0.05) is 83.7 Å². The van der Waals surface area contributed by atoms with E-state index in [9.17, 15) is 19.8 Å². The molecule has 0 aliphatic carbocycles. The molecule has 0 unspecified atom stereocenters. The van der Waals surface area contributed by atoms with Gasteiger partial charge in [0.1, 0.15) is 0 Å². The van der Waals surface area contributed by atoms with Gasteiger partial charge in [0, 0.05) is 12.8 Å². The van der Waals surface area contributed by atoms with Crippen molar-refractivity contribution >= 4 is 36.2 Å². The number of hydrogen-bond donors (Lipinski definition) is 2. The Labute approximate surface area is 262 Å². The van der Waals surface area contributed by atoms with Gasteiger partial charge in [-0.15, -0.1) is 34.2 Å². The van der Waals surface area contributed by atoms with Crippen molar-refractivity contribution in [2.45, 2.75) is 78.3 Å². The van der Waals surface area contributed by atoms with E-state index in [0.717, 1.165) is 78.0 Å². The topological polar surface area (TPSA) is 131 Å². The van der Waals surface area contributed by atoms with Crippen LogP contribution in [0.2, 0.25) is 0 Å². The second-order valence-electron chi connectivity index (χ2n) is 11.2. The molecule has 0 spiro atoms. The molecule has 0 amide bonds. The molecule has 224 valence electrons. The predicted octanol–water partition coefficient (Wildman–Crippen LogP) is 3.85. The van der Waals surface area contributed by atoms with Gasteiger partial charge >= 0.3 is 29.0 Å². The van der Waals surface area contributed by atoms with E-state index in [4.69, 9.17) is 20.3 Å². The monoisotopic (exact) mass is 620 g/mol. The molecule has 43 heavy (non-hydrogen) atoms. The second-order valence-corrected chi connectivity index (χ2v) is 11.2. The Hall–Kier alpha value is -3.78. The molecule has 5 heterocycles. The fourth-order valence-electron chi connectivity index (χ4n) is 6.36. The number of aliphatic carboxylic acids is 2. The molecular formula is C34H36FeN4O4.